The number of aliphatic carboxylic acids is 1. The maximum Gasteiger partial charge on any atom is 0.327 e. The summed E-state index contributed by atoms with van der Waals surface area (Å²) in [6.45, 7) is 3.37. The molecule has 1 heterocycles. The molecule has 0 atom stereocenters. The highest BCUT2D eigenvalue weighted by molar-refractivity contribution is 5.73. The second-order valence-electron chi connectivity index (χ2n) is 4.01. The van der Waals surface area contributed by atoms with E-state index in [0.717, 1.165) is 0 Å². The Kier molecular flexibility index (Phi) is 2.51. The highest BCUT2D eigenvalue weighted by atomic mass is 16.4. The van der Waals surface area contributed by atoms with Crippen molar-refractivity contribution in [1.82, 2.24) is 9.13 Å². The van der Waals surface area contributed by atoms with E-state index in [2.05, 4.69) is 0 Å². The second kappa shape index (κ2) is 3.32. The molecule has 0 fully saturated rings. The van der Waals surface area contributed by atoms with Crippen LogP contribution in [0.2, 0.25) is 0 Å². The minimum Gasteiger partial charge on any atom is -0.481 e. The van der Waals surface area contributed by atoms with Gasteiger partial charge >= 0.3 is 11.7 Å². The zero-order valence-corrected chi connectivity index (χ0v) is 8.52. The number of aryl methyl sites for hydroxylation is 1. The van der Waals surface area contributed by atoms with Crippen molar-refractivity contribution in [3.8, 4) is 0 Å². The monoisotopic (exact) mass is 198 g/mol. The summed E-state index contributed by atoms with van der Waals surface area (Å²) in [7, 11) is 1.63. The van der Waals surface area contributed by atoms with Crippen LogP contribution in [0.3, 0.4) is 0 Å². The highest BCUT2D eigenvalue weighted by Crippen LogP contribution is 2.16. The first kappa shape index (κ1) is 10.6. The van der Waals surface area contributed by atoms with Gasteiger partial charge in [0, 0.05) is 26.0 Å². The largest absolute Gasteiger partial charge is 0.481 e. The van der Waals surface area contributed by atoms with Gasteiger partial charge in [0.25, 0.3) is 0 Å². The lowest BCUT2D eigenvalue weighted by atomic mass is 9.94. The van der Waals surface area contributed by atoms with E-state index in [9.17, 15) is 9.59 Å². The summed E-state index contributed by atoms with van der Waals surface area (Å²) < 4.78 is 2.81. The van der Waals surface area contributed by atoms with Crippen LogP contribution in [0.4, 0.5) is 0 Å². The second-order valence-corrected chi connectivity index (χ2v) is 4.01. The third kappa shape index (κ3) is 1.86. The summed E-state index contributed by atoms with van der Waals surface area (Å²) in [6.07, 6.45) is 3.20. The van der Waals surface area contributed by atoms with Gasteiger partial charge in [0.2, 0.25) is 0 Å². The molecule has 0 saturated carbocycles. The first-order valence-corrected chi connectivity index (χ1v) is 4.30. The van der Waals surface area contributed by atoms with Crippen molar-refractivity contribution >= 4 is 5.97 Å². The van der Waals surface area contributed by atoms with Gasteiger partial charge in [-0.3, -0.25) is 9.36 Å². The highest BCUT2D eigenvalue weighted by Gasteiger charge is 2.28. The third-order valence-corrected chi connectivity index (χ3v) is 2.16. The van der Waals surface area contributed by atoms with Gasteiger partial charge in [0.05, 0.1) is 5.41 Å². The fraction of sp³-hybridized carbons (Fsp3) is 0.556. The molecule has 5 nitrogen and oxygen atoms in total. The number of imidazole rings is 1. The van der Waals surface area contributed by atoms with Crippen molar-refractivity contribution in [2.45, 2.75) is 20.4 Å². The van der Waals surface area contributed by atoms with Crippen LogP contribution in [0.15, 0.2) is 17.2 Å². The first-order valence-electron chi connectivity index (χ1n) is 4.30. The normalized spacial score (nSPS) is 11.6. The fourth-order valence-electron chi connectivity index (χ4n) is 1.12. The molecule has 1 N–H and O–H groups in total. The number of nitrogens with zero attached hydrogens (tertiary/aromatic N) is 2. The van der Waals surface area contributed by atoms with Gasteiger partial charge < -0.3 is 9.67 Å². The zero-order chi connectivity index (χ0) is 10.9. The molecule has 14 heavy (non-hydrogen) atoms. The van der Waals surface area contributed by atoms with E-state index < -0.39 is 11.4 Å². The van der Waals surface area contributed by atoms with Crippen molar-refractivity contribution in [3.05, 3.63) is 22.9 Å². The predicted molar refractivity (Wildman–Crippen MR) is 51.1 cm³/mol. The third-order valence-electron chi connectivity index (χ3n) is 2.16. The molecule has 1 aromatic rings. The summed E-state index contributed by atoms with van der Waals surface area (Å²) in [6, 6.07) is 0. The molecule has 0 aliphatic heterocycles. The van der Waals surface area contributed by atoms with E-state index in [1.807, 2.05) is 0 Å². The molecule has 1 aromatic heterocycles. The average Bonchev–Trinajstić information content (AvgIpc) is 2.35. The van der Waals surface area contributed by atoms with Crippen molar-refractivity contribution < 1.29 is 9.90 Å². The minimum atomic E-state index is -0.925. The number of rotatable bonds is 3. The molecule has 1 rings (SSSR count). The quantitative estimate of drug-likeness (QED) is 0.759. The van der Waals surface area contributed by atoms with E-state index in [1.54, 1.807) is 33.3 Å². The van der Waals surface area contributed by atoms with Gasteiger partial charge in [0.1, 0.15) is 0 Å². The van der Waals surface area contributed by atoms with Crippen LogP contribution in [0.25, 0.3) is 0 Å². The van der Waals surface area contributed by atoms with Crippen molar-refractivity contribution in [3.63, 3.8) is 0 Å². The number of hydrogen-bond acceptors (Lipinski definition) is 2. The van der Waals surface area contributed by atoms with Gasteiger partial charge in [-0.15, -0.1) is 0 Å². The number of hydrogen-bond donors (Lipinski definition) is 1. The predicted octanol–water partition coefficient (Wildman–Crippen LogP) is 0.298. The molecule has 0 amide bonds. The molecule has 0 aliphatic rings. The summed E-state index contributed by atoms with van der Waals surface area (Å²) in [5.41, 5.74) is -1.12. The maximum absolute atomic E-state index is 11.4. The van der Waals surface area contributed by atoms with E-state index in [0.29, 0.717) is 0 Å². The Bertz CT molecular complexity index is 400. The van der Waals surface area contributed by atoms with Crippen LogP contribution >= 0.6 is 0 Å². The first-order chi connectivity index (χ1) is 6.34. The lowest BCUT2D eigenvalue weighted by Gasteiger charge is -2.18. The number of carbonyl (C=O) groups is 1. The lowest BCUT2D eigenvalue weighted by molar-refractivity contribution is -0.147. The van der Waals surface area contributed by atoms with Crippen molar-refractivity contribution in [2.24, 2.45) is 12.5 Å². The van der Waals surface area contributed by atoms with Crippen LogP contribution < -0.4 is 5.69 Å². The Hall–Kier alpha value is -1.52. The van der Waals surface area contributed by atoms with Gasteiger partial charge in [-0.2, -0.15) is 0 Å². The smallest absolute Gasteiger partial charge is 0.327 e. The van der Waals surface area contributed by atoms with Crippen LogP contribution in [0.5, 0.6) is 0 Å². The summed E-state index contributed by atoms with van der Waals surface area (Å²) in [4.78, 5) is 22.2. The molecule has 0 spiro atoms. The molecule has 0 aromatic carbocycles. The van der Waals surface area contributed by atoms with E-state index in [-0.39, 0.29) is 12.2 Å². The standard InChI is InChI=1S/C9H14N2O3/c1-9(2,7(12)13)6-11-5-4-10(3)8(11)14/h4-5H,6H2,1-3H3,(H,12,13). The van der Waals surface area contributed by atoms with Crippen LogP contribution in [0, 0.1) is 5.41 Å². The topological polar surface area (TPSA) is 64.2 Å². The van der Waals surface area contributed by atoms with E-state index in [1.165, 1.54) is 9.13 Å². The molecule has 0 unspecified atom stereocenters. The summed E-state index contributed by atoms with van der Waals surface area (Å²) in [5.74, 6) is -0.909. The van der Waals surface area contributed by atoms with Crippen molar-refractivity contribution in [2.75, 3.05) is 0 Å². The average molecular weight is 198 g/mol. The van der Waals surface area contributed by atoms with Gasteiger partial charge in [-0.05, 0) is 13.8 Å². The zero-order valence-electron chi connectivity index (χ0n) is 8.52. The molecule has 0 bridgehead atoms. The molecule has 5 heteroatoms. The fourth-order valence-corrected chi connectivity index (χ4v) is 1.12. The lowest BCUT2D eigenvalue weighted by Crippen LogP contribution is -2.34. The Morgan fingerprint density at radius 1 is 1.50 bits per heavy atom. The van der Waals surface area contributed by atoms with Crippen molar-refractivity contribution in [1.29, 1.82) is 0 Å². The molecule has 0 saturated heterocycles. The molecular weight excluding hydrogens is 184 g/mol. The SMILES string of the molecule is Cn1ccn(CC(C)(C)C(=O)O)c1=O. The molecule has 0 radical (unpaired) electrons. The Balaban J connectivity index is 2.95. The Morgan fingerprint density at radius 3 is 2.43 bits per heavy atom. The number of aromatic nitrogens is 2. The molecule has 78 valence electrons. The van der Waals surface area contributed by atoms with Crippen LogP contribution in [-0.2, 0) is 18.4 Å². The van der Waals surface area contributed by atoms with Crippen LogP contribution in [0.1, 0.15) is 13.8 Å². The maximum atomic E-state index is 11.4. The van der Waals surface area contributed by atoms with E-state index >= 15 is 0 Å². The molecular formula is C9H14N2O3. The van der Waals surface area contributed by atoms with E-state index in [4.69, 9.17) is 5.11 Å². The van der Waals surface area contributed by atoms with Gasteiger partial charge in [-0.25, -0.2) is 4.79 Å². The summed E-state index contributed by atoms with van der Waals surface area (Å²) in [5, 5.41) is 8.88. The Labute approximate surface area is 81.6 Å². The van der Waals surface area contributed by atoms with Gasteiger partial charge in [0.15, 0.2) is 0 Å². The Morgan fingerprint density at radius 2 is 2.07 bits per heavy atom. The van der Waals surface area contributed by atoms with Gasteiger partial charge in [-0.1, -0.05) is 0 Å². The molecule has 0 aliphatic carbocycles. The summed E-state index contributed by atoms with van der Waals surface area (Å²) >= 11 is 0. The van der Waals surface area contributed by atoms with Crippen LogP contribution in [-0.4, -0.2) is 20.2 Å². The minimum absolute atomic E-state index is 0.183. The number of carboxylic acid groups (broad SMARTS) is 1. The number of carboxylic acids is 1.